The monoisotopic (exact) mass is 581 g/mol. The molecule has 1 saturated heterocycles. The maximum atomic E-state index is 13.1. The van der Waals surface area contributed by atoms with E-state index in [1.807, 2.05) is 23.1 Å². The first-order valence-electron chi connectivity index (χ1n) is 12.1. The maximum absolute atomic E-state index is 13.1. The van der Waals surface area contributed by atoms with Crippen molar-refractivity contribution in [3.8, 4) is 11.5 Å². The number of hydrogen-bond acceptors (Lipinski definition) is 5. The first kappa shape index (κ1) is 27.0. The number of carbonyl (C=O) groups is 3. The number of urea groups is 1. The van der Waals surface area contributed by atoms with Crippen LogP contribution in [0, 0.1) is 0 Å². The fraction of sp³-hybridized carbons (Fsp3) is 0.250. The molecule has 3 aromatic rings. The van der Waals surface area contributed by atoms with Gasteiger partial charge in [-0.1, -0.05) is 18.2 Å². The molecule has 0 bridgehead atoms. The van der Waals surface area contributed by atoms with Crippen LogP contribution in [0.3, 0.4) is 0 Å². The summed E-state index contributed by atoms with van der Waals surface area (Å²) in [5.74, 6) is -0.00510. The lowest BCUT2D eigenvalue weighted by Crippen LogP contribution is -2.39. The third kappa shape index (κ3) is 6.83. The molecule has 10 heteroatoms. The molecule has 1 fully saturated rings. The summed E-state index contributed by atoms with van der Waals surface area (Å²) in [6.07, 6.45) is 1.90. The highest BCUT2D eigenvalue weighted by Gasteiger charge is 2.29. The van der Waals surface area contributed by atoms with Crippen LogP contribution in [-0.4, -0.2) is 54.2 Å². The number of para-hydroxylation sites is 1. The Hall–Kier alpha value is -4.05. The molecule has 3 N–H and O–H groups in total. The topological polar surface area (TPSA) is 117 Å². The van der Waals surface area contributed by atoms with E-state index >= 15 is 0 Å². The van der Waals surface area contributed by atoms with Gasteiger partial charge in [0.05, 0.1) is 36.5 Å². The van der Waals surface area contributed by atoms with Crippen molar-refractivity contribution in [3.05, 3.63) is 82.3 Å². The van der Waals surface area contributed by atoms with Crippen molar-refractivity contribution in [2.24, 2.45) is 0 Å². The number of carboxylic acid groups (broad SMARTS) is 1. The van der Waals surface area contributed by atoms with Crippen LogP contribution < -0.4 is 20.1 Å². The molecular weight excluding hydrogens is 554 g/mol. The Bertz CT molecular complexity index is 1310. The second kappa shape index (κ2) is 12.5. The van der Waals surface area contributed by atoms with Crippen molar-refractivity contribution in [3.63, 3.8) is 0 Å². The van der Waals surface area contributed by atoms with Crippen molar-refractivity contribution in [1.82, 2.24) is 4.90 Å². The highest BCUT2D eigenvalue weighted by atomic mass is 79.9. The van der Waals surface area contributed by atoms with E-state index in [-0.39, 0.29) is 23.9 Å². The predicted octanol–water partition coefficient (Wildman–Crippen LogP) is 5.41. The quantitative estimate of drug-likeness (QED) is 0.311. The fourth-order valence-electron chi connectivity index (χ4n) is 4.29. The zero-order valence-corrected chi connectivity index (χ0v) is 22.4. The van der Waals surface area contributed by atoms with Gasteiger partial charge >= 0.3 is 12.0 Å². The number of halogens is 1. The number of hydrogen-bond donors (Lipinski definition) is 3. The third-order valence-electron chi connectivity index (χ3n) is 6.23. The first-order chi connectivity index (χ1) is 18.3. The van der Waals surface area contributed by atoms with Gasteiger partial charge in [0.1, 0.15) is 18.1 Å². The minimum atomic E-state index is -0.992. The molecule has 1 aliphatic heterocycles. The van der Waals surface area contributed by atoms with E-state index in [1.165, 1.54) is 19.2 Å². The lowest BCUT2D eigenvalue weighted by molar-refractivity contribution is -0.131. The number of benzene rings is 3. The van der Waals surface area contributed by atoms with Gasteiger partial charge in [-0.05, 0) is 82.9 Å². The van der Waals surface area contributed by atoms with Crippen LogP contribution in [0.5, 0.6) is 11.5 Å². The lowest BCUT2D eigenvalue weighted by Gasteiger charge is -2.25. The SMILES string of the molecule is COc1cc(CC(=O)N2CCCC2COc2ccc(C(=O)O)cc2)ccc1NC(=O)Nc1ccccc1Br. The highest BCUT2D eigenvalue weighted by Crippen LogP contribution is 2.28. The number of carbonyl (C=O) groups excluding carboxylic acids is 2. The van der Waals surface area contributed by atoms with Gasteiger partial charge in [-0.15, -0.1) is 0 Å². The van der Waals surface area contributed by atoms with E-state index in [9.17, 15) is 14.4 Å². The van der Waals surface area contributed by atoms with Crippen LogP contribution in [0.25, 0.3) is 0 Å². The van der Waals surface area contributed by atoms with Gasteiger partial charge in [0.15, 0.2) is 0 Å². The van der Waals surface area contributed by atoms with Crippen molar-refractivity contribution < 1.29 is 29.0 Å². The minimum Gasteiger partial charge on any atom is -0.495 e. The Kier molecular flexibility index (Phi) is 8.85. The Morgan fingerprint density at radius 3 is 2.47 bits per heavy atom. The van der Waals surface area contributed by atoms with E-state index in [0.717, 1.165) is 22.9 Å². The number of methoxy groups -OCH3 is 1. The summed E-state index contributed by atoms with van der Waals surface area (Å²) >= 11 is 3.40. The van der Waals surface area contributed by atoms with Crippen LogP contribution in [0.15, 0.2) is 71.2 Å². The number of aromatic carboxylic acids is 1. The molecule has 0 saturated carbocycles. The molecule has 3 amide bonds. The van der Waals surface area contributed by atoms with Crippen LogP contribution in [0.1, 0.15) is 28.8 Å². The molecule has 1 atom stereocenters. The molecule has 1 aliphatic rings. The third-order valence-corrected chi connectivity index (χ3v) is 6.92. The number of nitrogens with one attached hydrogen (secondary N) is 2. The van der Waals surface area contributed by atoms with Gasteiger partial charge < -0.3 is 30.1 Å². The summed E-state index contributed by atoms with van der Waals surface area (Å²) in [4.78, 5) is 38.5. The average molecular weight is 582 g/mol. The van der Waals surface area contributed by atoms with E-state index < -0.39 is 12.0 Å². The molecular formula is C28H28BrN3O6. The predicted molar refractivity (Wildman–Crippen MR) is 147 cm³/mol. The second-order valence-electron chi connectivity index (χ2n) is 8.79. The minimum absolute atomic E-state index is 0.0215. The normalized spacial score (nSPS) is 14.6. The Morgan fingerprint density at radius 1 is 1.03 bits per heavy atom. The molecule has 1 heterocycles. The molecule has 0 spiro atoms. The number of rotatable bonds is 9. The standard InChI is InChI=1S/C28H28BrN3O6/c1-37-25-15-18(8-13-24(25)31-28(36)30-23-7-3-2-6-22(23)29)16-26(33)32-14-4-5-20(32)17-38-21-11-9-19(10-12-21)27(34)35/h2-3,6-13,15,20H,4-5,14,16-17H2,1H3,(H,34,35)(H2,30,31,36). The van der Waals surface area contributed by atoms with Gasteiger partial charge in [0.25, 0.3) is 0 Å². The van der Waals surface area contributed by atoms with Gasteiger partial charge in [-0.25, -0.2) is 9.59 Å². The number of nitrogens with zero attached hydrogens (tertiary/aromatic N) is 1. The summed E-state index contributed by atoms with van der Waals surface area (Å²) in [6.45, 7) is 0.980. The number of ether oxygens (including phenoxy) is 2. The van der Waals surface area contributed by atoms with Crippen molar-refractivity contribution in [2.75, 3.05) is 30.9 Å². The van der Waals surface area contributed by atoms with Crippen LogP contribution in [-0.2, 0) is 11.2 Å². The van der Waals surface area contributed by atoms with Gasteiger partial charge in [-0.3, -0.25) is 4.79 Å². The highest BCUT2D eigenvalue weighted by molar-refractivity contribution is 9.10. The van der Waals surface area contributed by atoms with E-state index in [4.69, 9.17) is 14.6 Å². The van der Waals surface area contributed by atoms with Crippen molar-refractivity contribution in [2.45, 2.75) is 25.3 Å². The van der Waals surface area contributed by atoms with Gasteiger partial charge in [0.2, 0.25) is 5.91 Å². The number of likely N-dealkylation sites (tertiary alicyclic amines) is 1. The van der Waals surface area contributed by atoms with E-state index in [1.54, 1.807) is 36.4 Å². The number of carboxylic acids is 1. The fourth-order valence-corrected chi connectivity index (χ4v) is 4.67. The average Bonchev–Trinajstić information content (AvgIpc) is 3.39. The van der Waals surface area contributed by atoms with Crippen molar-refractivity contribution in [1.29, 1.82) is 0 Å². The molecule has 9 nitrogen and oxygen atoms in total. The Balaban J connectivity index is 1.34. The first-order valence-corrected chi connectivity index (χ1v) is 12.9. The molecule has 38 heavy (non-hydrogen) atoms. The van der Waals surface area contributed by atoms with E-state index in [0.29, 0.717) is 36.0 Å². The smallest absolute Gasteiger partial charge is 0.335 e. The zero-order chi connectivity index (χ0) is 27.1. The molecule has 0 radical (unpaired) electrons. The molecule has 198 valence electrons. The largest absolute Gasteiger partial charge is 0.495 e. The Labute approximate surface area is 228 Å². The van der Waals surface area contributed by atoms with Crippen molar-refractivity contribution >= 4 is 45.2 Å². The lowest BCUT2D eigenvalue weighted by atomic mass is 10.1. The second-order valence-corrected chi connectivity index (χ2v) is 9.65. The zero-order valence-electron chi connectivity index (χ0n) is 20.8. The molecule has 1 unspecified atom stereocenters. The van der Waals surface area contributed by atoms with Gasteiger partial charge in [-0.2, -0.15) is 0 Å². The molecule has 3 aromatic carbocycles. The number of anilines is 2. The van der Waals surface area contributed by atoms with Crippen LogP contribution >= 0.6 is 15.9 Å². The number of amides is 3. The van der Waals surface area contributed by atoms with E-state index in [2.05, 4.69) is 26.6 Å². The molecule has 0 aliphatic carbocycles. The summed E-state index contributed by atoms with van der Waals surface area (Å²) in [6, 6.07) is 18.3. The summed E-state index contributed by atoms with van der Waals surface area (Å²) in [5.41, 5.74) is 2.07. The van der Waals surface area contributed by atoms with Gasteiger partial charge in [0, 0.05) is 11.0 Å². The summed E-state index contributed by atoms with van der Waals surface area (Å²) in [7, 11) is 1.51. The molecule has 0 aromatic heterocycles. The van der Waals surface area contributed by atoms with Crippen LogP contribution in [0.2, 0.25) is 0 Å². The molecule has 4 rings (SSSR count). The Morgan fingerprint density at radius 2 is 1.76 bits per heavy atom. The van der Waals surface area contributed by atoms with Crippen LogP contribution in [0.4, 0.5) is 16.2 Å². The summed E-state index contributed by atoms with van der Waals surface area (Å²) < 4.78 is 12.1. The maximum Gasteiger partial charge on any atom is 0.335 e. The summed E-state index contributed by atoms with van der Waals surface area (Å²) in [5, 5.41) is 14.6.